The van der Waals surface area contributed by atoms with E-state index in [-0.39, 0.29) is 12.0 Å². The Bertz CT molecular complexity index is 1310. The zero-order valence-electron chi connectivity index (χ0n) is 19.1. The standard InChI is InChI=1S/C25H29N5O2/c1-15(2)22-19-12-18(32-25(31)29-10-6-5-7-11-29)8-9-21(19)28-23(22)20-13-30-24(26-14-27-30)17(4)16(20)3/h8-9,12-15,28H,5-7,10-11H2,1-4H3. The van der Waals surface area contributed by atoms with Crippen LogP contribution in [-0.4, -0.2) is 43.7 Å². The van der Waals surface area contributed by atoms with Crippen molar-refractivity contribution in [3.05, 3.63) is 47.4 Å². The number of hydrogen-bond acceptors (Lipinski definition) is 4. The number of aromatic nitrogens is 4. The summed E-state index contributed by atoms with van der Waals surface area (Å²) in [5.41, 5.74) is 7.58. The third-order valence-electron chi connectivity index (χ3n) is 6.60. The Morgan fingerprint density at radius 2 is 1.91 bits per heavy atom. The first-order valence-corrected chi connectivity index (χ1v) is 11.4. The number of fused-ring (bicyclic) bond motifs is 2. The Balaban J connectivity index is 1.58. The van der Waals surface area contributed by atoms with Gasteiger partial charge in [0.05, 0.1) is 5.69 Å². The van der Waals surface area contributed by atoms with Gasteiger partial charge in [-0.2, -0.15) is 5.10 Å². The molecule has 1 saturated heterocycles. The number of rotatable bonds is 3. The van der Waals surface area contributed by atoms with Gasteiger partial charge < -0.3 is 14.6 Å². The number of carbonyl (C=O) groups excluding carboxylic acids is 1. The molecule has 4 aromatic rings. The first-order chi connectivity index (χ1) is 15.4. The number of aromatic amines is 1. The number of H-pyrrole nitrogens is 1. The van der Waals surface area contributed by atoms with E-state index in [4.69, 9.17) is 4.74 Å². The fourth-order valence-electron chi connectivity index (χ4n) is 4.76. The molecule has 0 bridgehead atoms. The van der Waals surface area contributed by atoms with Gasteiger partial charge in [0.2, 0.25) is 0 Å². The summed E-state index contributed by atoms with van der Waals surface area (Å²) in [5.74, 6) is 0.859. The molecule has 7 nitrogen and oxygen atoms in total. The molecular formula is C25H29N5O2. The van der Waals surface area contributed by atoms with Crippen LogP contribution >= 0.6 is 0 Å². The normalized spacial score (nSPS) is 14.6. The van der Waals surface area contributed by atoms with Gasteiger partial charge in [0, 0.05) is 35.8 Å². The molecule has 32 heavy (non-hydrogen) atoms. The lowest BCUT2D eigenvalue weighted by Crippen LogP contribution is -2.37. The predicted octanol–water partition coefficient (Wildman–Crippen LogP) is 5.60. The summed E-state index contributed by atoms with van der Waals surface area (Å²) in [6.45, 7) is 10.1. The summed E-state index contributed by atoms with van der Waals surface area (Å²) in [6, 6.07) is 5.86. The molecule has 5 rings (SSSR count). The maximum absolute atomic E-state index is 12.6. The number of nitrogens with zero attached hydrogens (tertiary/aromatic N) is 4. The third kappa shape index (κ3) is 3.42. The summed E-state index contributed by atoms with van der Waals surface area (Å²) in [4.78, 5) is 22.4. The largest absolute Gasteiger partial charge is 0.415 e. The topological polar surface area (TPSA) is 75.5 Å². The van der Waals surface area contributed by atoms with Crippen molar-refractivity contribution >= 4 is 22.6 Å². The highest BCUT2D eigenvalue weighted by Gasteiger charge is 2.22. The molecule has 1 aliphatic rings. The highest BCUT2D eigenvalue weighted by Crippen LogP contribution is 2.39. The van der Waals surface area contributed by atoms with Crippen LogP contribution in [0.4, 0.5) is 4.79 Å². The van der Waals surface area contributed by atoms with E-state index < -0.39 is 0 Å². The van der Waals surface area contributed by atoms with E-state index in [2.05, 4.69) is 42.8 Å². The molecule has 0 unspecified atom stereocenters. The van der Waals surface area contributed by atoms with Crippen LogP contribution in [0.5, 0.6) is 5.75 Å². The number of benzene rings is 1. The number of likely N-dealkylation sites (tertiary alicyclic amines) is 1. The van der Waals surface area contributed by atoms with Crippen molar-refractivity contribution in [3.63, 3.8) is 0 Å². The van der Waals surface area contributed by atoms with Crippen LogP contribution in [0.15, 0.2) is 30.7 Å². The van der Waals surface area contributed by atoms with Crippen molar-refractivity contribution in [3.8, 4) is 17.0 Å². The van der Waals surface area contributed by atoms with E-state index in [1.165, 1.54) is 17.5 Å². The van der Waals surface area contributed by atoms with Gasteiger partial charge >= 0.3 is 6.09 Å². The van der Waals surface area contributed by atoms with Crippen LogP contribution in [0.3, 0.4) is 0 Å². The van der Waals surface area contributed by atoms with Gasteiger partial charge in [-0.1, -0.05) is 13.8 Å². The fourth-order valence-corrected chi connectivity index (χ4v) is 4.76. The number of pyridine rings is 1. The summed E-state index contributed by atoms with van der Waals surface area (Å²) in [6.07, 6.45) is 6.64. The molecular weight excluding hydrogens is 402 g/mol. The molecule has 0 atom stereocenters. The van der Waals surface area contributed by atoms with Gasteiger partial charge in [0.1, 0.15) is 12.1 Å². The van der Waals surface area contributed by atoms with E-state index in [0.29, 0.717) is 5.75 Å². The maximum atomic E-state index is 12.6. The van der Waals surface area contributed by atoms with E-state index >= 15 is 0 Å². The molecule has 1 N–H and O–H groups in total. The summed E-state index contributed by atoms with van der Waals surface area (Å²) in [5, 5.41) is 5.43. The highest BCUT2D eigenvalue weighted by atomic mass is 16.6. The van der Waals surface area contributed by atoms with Gasteiger partial charge in [-0.3, -0.25) is 0 Å². The lowest BCUT2D eigenvalue weighted by atomic mass is 9.94. The lowest BCUT2D eigenvalue weighted by molar-refractivity contribution is 0.142. The van der Waals surface area contributed by atoms with Gasteiger partial charge in [0.15, 0.2) is 5.65 Å². The Morgan fingerprint density at radius 3 is 2.66 bits per heavy atom. The molecule has 0 aliphatic carbocycles. The molecule has 1 aromatic carbocycles. The Hall–Kier alpha value is -3.35. The number of carbonyl (C=O) groups is 1. The predicted molar refractivity (Wildman–Crippen MR) is 125 cm³/mol. The van der Waals surface area contributed by atoms with Crippen LogP contribution in [0, 0.1) is 13.8 Å². The van der Waals surface area contributed by atoms with Gasteiger partial charge in [-0.15, -0.1) is 0 Å². The minimum absolute atomic E-state index is 0.256. The quantitative estimate of drug-likeness (QED) is 0.458. The van der Waals surface area contributed by atoms with Crippen LogP contribution < -0.4 is 4.74 Å². The van der Waals surface area contributed by atoms with E-state index in [1.807, 2.05) is 28.9 Å². The first kappa shape index (κ1) is 20.5. The average molecular weight is 432 g/mol. The van der Waals surface area contributed by atoms with Crippen molar-refractivity contribution in [1.29, 1.82) is 0 Å². The second-order valence-electron chi connectivity index (χ2n) is 9.01. The zero-order chi connectivity index (χ0) is 22.4. The molecule has 1 fully saturated rings. The van der Waals surface area contributed by atoms with Crippen LogP contribution in [0.1, 0.15) is 55.7 Å². The van der Waals surface area contributed by atoms with Crippen molar-refractivity contribution in [1.82, 2.24) is 24.5 Å². The van der Waals surface area contributed by atoms with E-state index in [0.717, 1.165) is 59.3 Å². The number of nitrogens with one attached hydrogen (secondary N) is 1. The van der Waals surface area contributed by atoms with Crippen molar-refractivity contribution in [2.45, 2.75) is 52.9 Å². The van der Waals surface area contributed by atoms with Crippen molar-refractivity contribution < 1.29 is 9.53 Å². The zero-order valence-corrected chi connectivity index (χ0v) is 19.1. The number of ether oxygens (including phenoxy) is 1. The molecule has 166 valence electrons. The summed E-state index contributed by atoms with van der Waals surface area (Å²) >= 11 is 0. The van der Waals surface area contributed by atoms with Crippen LogP contribution in [0.2, 0.25) is 0 Å². The first-order valence-electron chi connectivity index (χ1n) is 11.4. The maximum Gasteiger partial charge on any atom is 0.415 e. The Kier molecular flexibility index (Phi) is 5.12. The molecule has 7 heteroatoms. The van der Waals surface area contributed by atoms with Gasteiger partial charge in [0.25, 0.3) is 0 Å². The van der Waals surface area contributed by atoms with Crippen molar-refractivity contribution in [2.24, 2.45) is 0 Å². The molecule has 0 spiro atoms. The van der Waals surface area contributed by atoms with Crippen LogP contribution in [0.25, 0.3) is 27.8 Å². The second-order valence-corrected chi connectivity index (χ2v) is 9.01. The molecule has 0 saturated carbocycles. The fraction of sp³-hybridized carbons (Fsp3) is 0.400. The molecule has 4 heterocycles. The van der Waals surface area contributed by atoms with Crippen LogP contribution in [-0.2, 0) is 0 Å². The molecule has 1 amide bonds. The summed E-state index contributed by atoms with van der Waals surface area (Å²) < 4.78 is 7.58. The van der Waals surface area contributed by atoms with E-state index in [1.54, 1.807) is 11.2 Å². The third-order valence-corrected chi connectivity index (χ3v) is 6.60. The van der Waals surface area contributed by atoms with Gasteiger partial charge in [-0.25, -0.2) is 14.3 Å². The number of hydrogen-bond donors (Lipinski definition) is 1. The van der Waals surface area contributed by atoms with Crippen molar-refractivity contribution in [2.75, 3.05) is 13.1 Å². The van der Waals surface area contributed by atoms with E-state index in [9.17, 15) is 4.79 Å². The summed E-state index contributed by atoms with van der Waals surface area (Å²) in [7, 11) is 0. The Labute approximate surface area is 187 Å². The highest BCUT2D eigenvalue weighted by molar-refractivity contribution is 5.93. The molecule has 1 aliphatic heterocycles. The van der Waals surface area contributed by atoms with Gasteiger partial charge in [-0.05, 0) is 73.9 Å². The smallest absolute Gasteiger partial charge is 0.410 e. The Morgan fingerprint density at radius 1 is 1.12 bits per heavy atom. The second kappa shape index (κ2) is 7.97. The minimum atomic E-state index is -0.256. The molecule has 0 radical (unpaired) electrons. The minimum Gasteiger partial charge on any atom is -0.410 e. The number of aryl methyl sites for hydroxylation is 1. The number of amides is 1. The lowest BCUT2D eigenvalue weighted by Gasteiger charge is -2.25. The monoisotopic (exact) mass is 431 g/mol. The SMILES string of the molecule is Cc1c(-c2[nH]c3ccc(OC(=O)N4CCCCC4)cc3c2C(C)C)cn2ncnc2c1C. The molecule has 3 aromatic heterocycles. The average Bonchev–Trinajstić information content (AvgIpc) is 3.41. The number of piperidine rings is 1.